The molecule has 0 unspecified atom stereocenters. The first kappa shape index (κ1) is 29.5. The van der Waals surface area contributed by atoms with E-state index in [9.17, 15) is 5.26 Å². The maximum Gasteiger partial charge on any atom is 0.166 e. The molecule has 3 heterocycles. The van der Waals surface area contributed by atoms with Crippen LogP contribution >= 0.6 is 0 Å². The smallest absolute Gasteiger partial charge is 0.166 e. The maximum atomic E-state index is 9.80. The van der Waals surface area contributed by atoms with Gasteiger partial charge in [-0.15, -0.1) is 0 Å². The molecule has 6 nitrogen and oxygen atoms in total. The summed E-state index contributed by atoms with van der Waals surface area (Å²) in [5, 5.41) is 14.5. The number of nitriles is 1. The zero-order valence-electron chi connectivity index (χ0n) is 27.8. The van der Waals surface area contributed by atoms with Crippen molar-refractivity contribution in [2.24, 2.45) is 0 Å². The van der Waals surface area contributed by atoms with Crippen molar-refractivity contribution in [1.29, 1.82) is 5.26 Å². The number of rotatable bonds is 5. The Hall–Kier alpha value is -7.36. The van der Waals surface area contributed by atoms with Gasteiger partial charge in [0.1, 0.15) is 0 Å². The molecule has 7 aromatic carbocycles. The highest BCUT2D eigenvalue weighted by Crippen LogP contribution is 2.38. The summed E-state index contributed by atoms with van der Waals surface area (Å²) in [6.07, 6.45) is 0. The number of fused-ring (bicyclic) bond motifs is 6. The van der Waals surface area contributed by atoms with Crippen molar-refractivity contribution in [2.75, 3.05) is 0 Å². The summed E-state index contributed by atoms with van der Waals surface area (Å²) in [7, 11) is 0. The van der Waals surface area contributed by atoms with Gasteiger partial charge in [0.25, 0.3) is 0 Å². The SMILES string of the molecule is N#Cc1cccc(-c2nc(-c3ccccc3-n3c4ccccc4c4ccccc43)nc(-c3ccccc3-n3c4ccccc4c4ccccc43)n2)c1. The Kier molecular flexibility index (Phi) is 6.76. The second kappa shape index (κ2) is 11.9. The Morgan fingerprint density at radius 1 is 0.385 bits per heavy atom. The van der Waals surface area contributed by atoms with E-state index in [0.717, 1.165) is 50.1 Å². The van der Waals surface area contributed by atoms with Gasteiger partial charge in [-0.1, -0.05) is 109 Å². The average molecular weight is 665 g/mol. The molecule has 10 rings (SSSR count). The molecule has 6 heteroatoms. The normalized spacial score (nSPS) is 11.4. The molecule has 0 spiro atoms. The van der Waals surface area contributed by atoms with Gasteiger partial charge in [-0.2, -0.15) is 5.26 Å². The van der Waals surface area contributed by atoms with Crippen LogP contribution in [0, 0.1) is 11.3 Å². The van der Waals surface area contributed by atoms with Crippen LogP contribution in [0.1, 0.15) is 5.56 Å². The minimum Gasteiger partial charge on any atom is -0.309 e. The first-order valence-corrected chi connectivity index (χ1v) is 17.2. The summed E-state index contributed by atoms with van der Waals surface area (Å²) in [6.45, 7) is 0. The summed E-state index contributed by atoms with van der Waals surface area (Å²) in [5.41, 5.74) is 9.34. The number of nitrogens with zero attached hydrogens (tertiary/aromatic N) is 6. The first-order chi connectivity index (χ1) is 25.8. The summed E-state index contributed by atoms with van der Waals surface area (Å²) in [4.78, 5) is 15.6. The monoisotopic (exact) mass is 664 g/mol. The molecule has 0 bridgehead atoms. The predicted octanol–water partition coefficient (Wildman–Crippen LogP) is 10.9. The molecule has 0 aliphatic carbocycles. The lowest BCUT2D eigenvalue weighted by atomic mass is 10.1. The number of hydrogen-bond donors (Lipinski definition) is 0. The Morgan fingerprint density at radius 2 is 0.769 bits per heavy atom. The van der Waals surface area contributed by atoms with Crippen LogP contribution in [-0.2, 0) is 0 Å². The van der Waals surface area contributed by atoms with Crippen molar-refractivity contribution in [3.05, 3.63) is 175 Å². The van der Waals surface area contributed by atoms with Gasteiger partial charge in [0.05, 0.1) is 45.1 Å². The predicted molar refractivity (Wildman–Crippen MR) is 210 cm³/mol. The van der Waals surface area contributed by atoms with E-state index < -0.39 is 0 Å². The molecule has 0 fully saturated rings. The van der Waals surface area contributed by atoms with Crippen LogP contribution < -0.4 is 0 Å². The number of benzene rings is 7. The molecule has 0 N–H and O–H groups in total. The highest BCUT2D eigenvalue weighted by molar-refractivity contribution is 6.10. The van der Waals surface area contributed by atoms with Gasteiger partial charge in [-0.25, -0.2) is 15.0 Å². The minimum atomic E-state index is 0.492. The largest absolute Gasteiger partial charge is 0.309 e. The molecular weight excluding hydrogens is 637 g/mol. The van der Waals surface area contributed by atoms with Gasteiger partial charge < -0.3 is 9.13 Å². The van der Waals surface area contributed by atoms with Crippen LogP contribution in [0.15, 0.2) is 170 Å². The van der Waals surface area contributed by atoms with Crippen molar-refractivity contribution in [3.8, 4) is 51.6 Å². The second-order valence-corrected chi connectivity index (χ2v) is 12.8. The molecule has 0 atom stereocenters. The maximum absolute atomic E-state index is 9.80. The zero-order chi connectivity index (χ0) is 34.6. The third-order valence-electron chi connectivity index (χ3n) is 9.82. The molecule has 0 saturated heterocycles. The zero-order valence-corrected chi connectivity index (χ0v) is 27.8. The van der Waals surface area contributed by atoms with Crippen LogP contribution in [-0.4, -0.2) is 24.1 Å². The van der Waals surface area contributed by atoms with E-state index in [0.29, 0.717) is 23.0 Å². The van der Waals surface area contributed by atoms with Crippen molar-refractivity contribution >= 4 is 43.6 Å². The lowest BCUT2D eigenvalue weighted by Crippen LogP contribution is -2.05. The summed E-state index contributed by atoms with van der Waals surface area (Å²) < 4.78 is 4.59. The molecule has 10 aromatic rings. The van der Waals surface area contributed by atoms with Crippen molar-refractivity contribution < 1.29 is 0 Å². The fraction of sp³-hybridized carbons (Fsp3) is 0. The molecule has 0 radical (unpaired) electrons. The quantitative estimate of drug-likeness (QED) is 0.184. The Labute approximate surface area is 299 Å². The van der Waals surface area contributed by atoms with Gasteiger partial charge in [0, 0.05) is 38.2 Å². The summed E-state index contributed by atoms with van der Waals surface area (Å²) >= 11 is 0. The van der Waals surface area contributed by atoms with Crippen molar-refractivity contribution in [1.82, 2.24) is 24.1 Å². The van der Waals surface area contributed by atoms with Gasteiger partial charge >= 0.3 is 0 Å². The molecule has 0 aliphatic rings. The molecular formula is C46H28N6. The van der Waals surface area contributed by atoms with Crippen molar-refractivity contribution in [3.63, 3.8) is 0 Å². The van der Waals surface area contributed by atoms with Crippen LogP contribution in [0.3, 0.4) is 0 Å². The molecule has 0 aliphatic heterocycles. The number of para-hydroxylation sites is 6. The standard InChI is InChI=1S/C46H28N6/c47-29-30-14-13-15-31(28-30)44-48-45(36-20-5-11-26-42(36)51-38-22-7-1-16-32(38)33-17-2-8-23-39(33)51)50-46(49-44)37-21-6-12-27-43(37)52-40-24-9-3-18-34(40)35-19-4-10-25-41(35)52/h1-28H. The van der Waals surface area contributed by atoms with Crippen LogP contribution in [0.2, 0.25) is 0 Å². The van der Waals surface area contributed by atoms with E-state index in [1.807, 2.05) is 30.3 Å². The fourth-order valence-electron chi connectivity index (χ4n) is 7.55. The van der Waals surface area contributed by atoms with Gasteiger partial charge in [-0.05, 0) is 60.7 Å². The topological polar surface area (TPSA) is 72.3 Å². The summed E-state index contributed by atoms with van der Waals surface area (Å²) in [5.74, 6) is 1.57. The van der Waals surface area contributed by atoms with Crippen LogP contribution in [0.4, 0.5) is 0 Å². The van der Waals surface area contributed by atoms with Crippen molar-refractivity contribution in [2.45, 2.75) is 0 Å². The highest BCUT2D eigenvalue weighted by atomic mass is 15.1. The minimum absolute atomic E-state index is 0.492. The number of hydrogen-bond acceptors (Lipinski definition) is 4. The molecule has 3 aromatic heterocycles. The Balaban J connectivity index is 1.26. The van der Waals surface area contributed by atoms with E-state index in [-0.39, 0.29) is 0 Å². The van der Waals surface area contributed by atoms with E-state index in [2.05, 4.69) is 149 Å². The van der Waals surface area contributed by atoms with Crippen LogP contribution in [0.5, 0.6) is 0 Å². The molecule has 0 saturated carbocycles. The first-order valence-electron chi connectivity index (χ1n) is 17.2. The van der Waals surface area contributed by atoms with E-state index in [1.165, 1.54) is 21.5 Å². The third-order valence-corrected chi connectivity index (χ3v) is 9.82. The van der Waals surface area contributed by atoms with E-state index >= 15 is 0 Å². The second-order valence-electron chi connectivity index (χ2n) is 12.8. The highest BCUT2D eigenvalue weighted by Gasteiger charge is 2.21. The van der Waals surface area contributed by atoms with Gasteiger partial charge in [-0.3, -0.25) is 0 Å². The Bertz CT molecular complexity index is 2770. The average Bonchev–Trinajstić information content (AvgIpc) is 3.74. The summed E-state index contributed by atoms with van der Waals surface area (Å²) in [6, 6.07) is 60.2. The lowest BCUT2D eigenvalue weighted by Gasteiger charge is -2.16. The van der Waals surface area contributed by atoms with E-state index in [4.69, 9.17) is 15.0 Å². The van der Waals surface area contributed by atoms with Gasteiger partial charge in [0.2, 0.25) is 0 Å². The third kappa shape index (κ3) is 4.61. The number of aromatic nitrogens is 5. The fourth-order valence-corrected chi connectivity index (χ4v) is 7.55. The van der Waals surface area contributed by atoms with Crippen LogP contribution in [0.25, 0.3) is 89.2 Å². The van der Waals surface area contributed by atoms with E-state index in [1.54, 1.807) is 6.07 Å². The molecule has 52 heavy (non-hydrogen) atoms. The molecule has 242 valence electrons. The Morgan fingerprint density at radius 3 is 1.21 bits per heavy atom. The lowest BCUT2D eigenvalue weighted by molar-refractivity contribution is 1.06. The molecule has 0 amide bonds. The van der Waals surface area contributed by atoms with Gasteiger partial charge in [0.15, 0.2) is 17.5 Å².